The van der Waals surface area contributed by atoms with E-state index in [2.05, 4.69) is 5.32 Å². The lowest BCUT2D eigenvalue weighted by Crippen LogP contribution is -2.53. The SMILES string of the molecule is CC[C@@H](C(=O)NC(C)C)N(Cc1ccc(OC)cc1)C(=O)CN(c1ccccc1F)S(=O)(=O)c1ccccc1. The summed E-state index contributed by atoms with van der Waals surface area (Å²) in [5.74, 6) is -1.19. The van der Waals surface area contributed by atoms with Gasteiger partial charge in [0.1, 0.15) is 24.2 Å². The number of carbonyl (C=O) groups excluding carboxylic acids is 2. The second-order valence-corrected chi connectivity index (χ2v) is 11.1. The molecule has 0 radical (unpaired) electrons. The molecule has 0 bridgehead atoms. The van der Waals surface area contributed by atoms with E-state index in [4.69, 9.17) is 4.74 Å². The van der Waals surface area contributed by atoms with Crippen LogP contribution in [0.4, 0.5) is 10.1 Å². The Morgan fingerprint density at radius 1 is 0.949 bits per heavy atom. The third-order valence-corrected chi connectivity index (χ3v) is 7.83. The summed E-state index contributed by atoms with van der Waals surface area (Å²) in [6, 6.07) is 18.8. The van der Waals surface area contributed by atoms with Crippen LogP contribution in [-0.4, -0.2) is 50.9 Å². The Labute approximate surface area is 229 Å². The third-order valence-electron chi connectivity index (χ3n) is 6.06. The van der Waals surface area contributed by atoms with E-state index in [1.54, 1.807) is 56.5 Å². The molecule has 2 amide bonds. The molecule has 8 nitrogen and oxygen atoms in total. The van der Waals surface area contributed by atoms with Gasteiger partial charge in [-0.3, -0.25) is 13.9 Å². The van der Waals surface area contributed by atoms with E-state index in [1.807, 2.05) is 13.8 Å². The molecule has 0 aliphatic rings. The molecule has 0 unspecified atom stereocenters. The molecular formula is C29H34FN3O5S. The van der Waals surface area contributed by atoms with Crippen molar-refractivity contribution in [3.8, 4) is 5.75 Å². The van der Waals surface area contributed by atoms with Crippen LogP contribution in [0.1, 0.15) is 32.8 Å². The molecule has 10 heteroatoms. The molecule has 0 fully saturated rings. The molecule has 0 spiro atoms. The Balaban J connectivity index is 2.05. The van der Waals surface area contributed by atoms with E-state index in [1.165, 1.54) is 35.2 Å². The number of sulfonamides is 1. The van der Waals surface area contributed by atoms with Crippen LogP contribution in [0.25, 0.3) is 0 Å². The van der Waals surface area contributed by atoms with Gasteiger partial charge in [-0.2, -0.15) is 0 Å². The largest absolute Gasteiger partial charge is 0.497 e. The number of nitrogens with zero attached hydrogens (tertiary/aromatic N) is 2. The number of amides is 2. The number of methoxy groups -OCH3 is 1. The van der Waals surface area contributed by atoms with Crippen molar-refractivity contribution in [1.82, 2.24) is 10.2 Å². The summed E-state index contributed by atoms with van der Waals surface area (Å²) in [5, 5.41) is 2.84. The molecular weight excluding hydrogens is 521 g/mol. The Morgan fingerprint density at radius 2 is 1.56 bits per heavy atom. The first kappa shape index (κ1) is 29.6. The first-order chi connectivity index (χ1) is 18.6. The number of carbonyl (C=O) groups is 2. The van der Waals surface area contributed by atoms with Crippen molar-refractivity contribution < 1.29 is 27.1 Å². The number of anilines is 1. The highest BCUT2D eigenvalue weighted by molar-refractivity contribution is 7.92. The normalized spacial score (nSPS) is 12.1. The fourth-order valence-electron chi connectivity index (χ4n) is 4.11. The van der Waals surface area contributed by atoms with Gasteiger partial charge in [0.05, 0.1) is 17.7 Å². The maximum absolute atomic E-state index is 14.9. The summed E-state index contributed by atoms with van der Waals surface area (Å²) in [5.41, 5.74) is 0.446. The smallest absolute Gasteiger partial charge is 0.264 e. The van der Waals surface area contributed by atoms with E-state index in [0.29, 0.717) is 11.3 Å². The van der Waals surface area contributed by atoms with Crippen LogP contribution < -0.4 is 14.4 Å². The summed E-state index contributed by atoms with van der Waals surface area (Å²) >= 11 is 0. The van der Waals surface area contributed by atoms with Gasteiger partial charge in [-0.15, -0.1) is 0 Å². The van der Waals surface area contributed by atoms with Gasteiger partial charge >= 0.3 is 0 Å². The highest BCUT2D eigenvalue weighted by Gasteiger charge is 2.34. The lowest BCUT2D eigenvalue weighted by atomic mass is 10.1. The first-order valence-corrected chi connectivity index (χ1v) is 14.1. The molecule has 0 saturated carbocycles. The van der Waals surface area contributed by atoms with Gasteiger partial charge in [-0.05, 0) is 62.2 Å². The molecule has 1 N–H and O–H groups in total. The second kappa shape index (κ2) is 13.2. The first-order valence-electron chi connectivity index (χ1n) is 12.6. The maximum atomic E-state index is 14.9. The zero-order valence-corrected chi connectivity index (χ0v) is 23.3. The predicted molar refractivity (Wildman–Crippen MR) is 148 cm³/mol. The summed E-state index contributed by atoms with van der Waals surface area (Å²) < 4.78 is 48.3. The van der Waals surface area contributed by atoms with Gasteiger partial charge < -0.3 is 15.0 Å². The Kier molecular flexibility index (Phi) is 10.1. The van der Waals surface area contributed by atoms with E-state index in [9.17, 15) is 22.4 Å². The molecule has 0 aliphatic heterocycles. The summed E-state index contributed by atoms with van der Waals surface area (Å²) in [4.78, 5) is 28.3. The number of rotatable bonds is 12. The van der Waals surface area contributed by atoms with Crippen molar-refractivity contribution in [3.63, 3.8) is 0 Å². The van der Waals surface area contributed by atoms with E-state index in [0.717, 1.165) is 10.4 Å². The number of hydrogen-bond acceptors (Lipinski definition) is 5. The summed E-state index contributed by atoms with van der Waals surface area (Å²) in [6.07, 6.45) is 0.283. The monoisotopic (exact) mass is 555 g/mol. The topological polar surface area (TPSA) is 96.0 Å². The highest BCUT2D eigenvalue weighted by atomic mass is 32.2. The van der Waals surface area contributed by atoms with Crippen molar-refractivity contribution in [1.29, 1.82) is 0 Å². The van der Waals surface area contributed by atoms with E-state index < -0.39 is 34.3 Å². The van der Waals surface area contributed by atoms with Gasteiger partial charge in [0.25, 0.3) is 10.0 Å². The quantitative estimate of drug-likeness (QED) is 0.358. The van der Waals surface area contributed by atoms with Crippen molar-refractivity contribution in [2.75, 3.05) is 18.0 Å². The van der Waals surface area contributed by atoms with E-state index in [-0.39, 0.29) is 35.5 Å². The maximum Gasteiger partial charge on any atom is 0.264 e. The minimum Gasteiger partial charge on any atom is -0.497 e. The molecule has 3 rings (SSSR count). The number of ether oxygens (including phenoxy) is 1. The molecule has 0 heterocycles. The number of benzene rings is 3. The van der Waals surface area contributed by atoms with Gasteiger partial charge in [-0.25, -0.2) is 12.8 Å². The lowest BCUT2D eigenvalue weighted by Gasteiger charge is -2.33. The molecule has 39 heavy (non-hydrogen) atoms. The number of hydrogen-bond donors (Lipinski definition) is 1. The zero-order chi connectivity index (χ0) is 28.6. The molecule has 208 valence electrons. The second-order valence-electron chi connectivity index (χ2n) is 9.23. The molecule has 1 atom stereocenters. The minimum absolute atomic E-state index is 0.0311. The van der Waals surface area contributed by atoms with Crippen molar-refractivity contribution >= 4 is 27.5 Å². The number of nitrogens with one attached hydrogen (secondary N) is 1. The molecule has 3 aromatic rings. The standard InChI is InChI=1S/C29H34FN3O5S/c1-5-26(29(35)31-21(2)3)32(19-22-15-17-23(38-4)18-16-22)28(34)20-33(27-14-10-9-13-25(27)30)39(36,37)24-11-7-6-8-12-24/h6-18,21,26H,5,19-20H2,1-4H3,(H,31,35)/t26-/m0/s1. The molecule has 0 saturated heterocycles. The van der Waals surface area contributed by atoms with E-state index >= 15 is 0 Å². The van der Waals surface area contributed by atoms with Crippen LogP contribution in [-0.2, 0) is 26.2 Å². The van der Waals surface area contributed by atoms with Crippen LogP contribution in [0.5, 0.6) is 5.75 Å². The van der Waals surface area contributed by atoms with Gasteiger partial charge in [-0.1, -0.05) is 49.4 Å². The highest BCUT2D eigenvalue weighted by Crippen LogP contribution is 2.27. The minimum atomic E-state index is -4.33. The van der Waals surface area contributed by atoms with Crippen molar-refractivity contribution in [2.24, 2.45) is 0 Å². The summed E-state index contributed by atoms with van der Waals surface area (Å²) in [7, 11) is -2.79. The fourth-order valence-corrected chi connectivity index (χ4v) is 5.56. The van der Waals surface area contributed by atoms with Crippen molar-refractivity contribution in [3.05, 3.63) is 90.2 Å². The predicted octanol–water partition coefficient (Wildman–Crippen LogP) is 4.36. The van der Waals surface area contributed by atoms with Crippen LogP contribution in [0.15, 0.2) is 83.8 Å². The zero-order valence-electron chi connectivity index (χ0n) is 22.5. The van der Waals surface area contributed by atoms with Crippen LogP contribution in [0.3, 0.4) is 0 Å². The Morgan fingerprint density at radius 3 is 2.13 bits per heavy atom. The molecule has 0 aliphatic carbocycles. The van der Waals surface area contributed by atoms with Gasteiger partial charge in [0.2, 0.25) is 11.8 Å². The van der Waals surface area contributed by atoms with Gasteiger partial charge in [0.15, 0.2) is 0 Å². The van der Waals surface area contributed by atoms with Gasteiger partial charge in [0, 0.05) is 12.6 Å². The average molecular weight is 556 g/mol. The average Bonchev–Trinajstić information content (AvgIpc) is 2.92. The fraction of sp³-hybridized carbons (Fsp3) is 0.310. The third kappa shape index (κ3) is 7.35. The van der Waals surface area contributed by atoms with Crippen LogP contribution in [0, 0.1) is 5.82 Å². The van der Waals surface area contributed by atoms with Crippen molar-refractivity contribution in [2.45, 2.75) is 50.7 Å². The van der Waals surface area contributed by atoms with Crippen LogP contribution in [0.2, 0.25) is 0 Å². The number of halogens is 1. The molecule has 3 aromatic carbocycles. The van der Waals surface area contributed by atoms with Crippen LogP contribution >= 0.6 is 0 Å². The lowest BCUT2D eigenvalue weighted by molar-refractivity contribution is -0.140. The Bertz CT molecular complexity index is 1370. The number of para-hydroxylation sites is 1. The Hall–Kier alpha value is -3.92. The molecule has 0 aromatic heterocycles. The summed E-state index contributed by atoms with van der Waals surface area (Å²) in [6.45, 7) is 4.72.